The van der Waals surface area contributed by atoms with Gasteiger partial charge in [0.15, 0.2) is 0 Å². The van der Waals surface area contributed by atoms with Crippen LogP contribution in [0.3, 0.4) is 0 Å². The van der Waals surface area contributed by atoms with E-state index in [4.69, 9.17) is 0 Å². The Kier molecular flexibility index (Phi) is 3.53. The second-order valence-electron chi connectivity index (χ2n) is 3.82. The fraction of sp³-hybridized carbons (Fsp3) is 0.545. The molecule has 0 saturated carbocycles. The van der Waals surface area contributed by atoms with Crippen molar-refractivity contribution in [3.8, 4) is 0 Å². The van der Waals surface area contributed by atoms with Crippen LogP contribution in [0.2, 0.25) is 0 Å². The quantitative estimate of drug-likeness (QED) is 0.743. The summed E-state index contributed by atoms with van der Waals surface area (Å²) in [6.45, 7) is 6.04. The summed E-state index contributed by atoms with van der Waals surface area (Å²) in [6.07, 6.45) is 1.85. The van der Waals surface area contributed by atoms with Crippen molar-refractivity contribution in [1.29, 1.82) is 0 Å². The summed E-state index contributed by atoms with van der Waals surface area (Å²) in [6, 6.07) is 5.29. The van der Waals surface area contributed by atoms with E-state index < -0.39 is 0 Å². The van der Waals surface area contributed by atoms with Gasteiger partial charge in [0, 0.05) is 51.5 Å². The number of aromatic nitrogens is 1. The first kappa shape index (κ1) is 10.4. The second kappa shape index (κ2) is 5.09. The lowest BCUT2D eigenvalue weighted by Crippen LogP contribution is -2.45. The van der Waals surface area contributed by atoms with Crippen LogP contribution < -0.4 is 10.9 Å². The monoisotopic (exact) mass is 207 g/mol. The summed E-state index contributed by atoms with van der Waals surface area (Å²) in [5, 5.41) is 3.31. The zero-order valence-corrected chi connectivity index (χ0v) is 8.85. The Bertz CT molecular complexity index is 355. The van der Waals surface area contributed by atoms with Crippen molar-refractivity contribution in [2.75, 3.05) is 32.7 Å². The van der Waals surface area contributed by atoms with Crippen LogP contribution in [0.25, 0.3) is 0 Å². The van der Waals surface area contributed by atoms with E-state index in [1.807, 2.05) is 12.3 Å². The van der Waals surface area contributed by atoms with Crippen molar-refractivity contribution in [2.24, 2.45) is 0 Å². The van der Waals surface area contributed by atoms with Gasteiger partial charge in [0.25, 0.3) is 5.56 Å². The third-order valence-corrected chi connectivity index (χ3v) is 2.77. The summed E-state index contributed by atoms with van der Waals surface area (Å²) in [5.41, 5.74) is 0.0904. The SMILES string of the molecule is O=c1ccccn1CCN1CCNCC1. The predicted octanol–water partition coefficient (Wildman–Crippen LogP) is -0.246. The molecule has 1 aliphatic heterocycles. The molecule has 0 unspecified atom stereocenters. The molecule has 0 spiro atoms. The lowest BCUT2D eigenvalue weighted by molar-refractivity contribution is 0.231. The van der Waals surface area contributed by atoms with E-state index in [0.717, 1.165) is 39.3 Å². The first-order valence-corrected chi connectivity index (χ1v) is 5.45. The number of nitrogens with zero attached hydrogens (tertiary/aromatic N) is 2. The van der Waals surface area contributed by atoms with Crippen molar-refractivity contribution in [3.63, 3.8) is 0 Å². The van der Waals surface area contributed by atoms with Crippen LogP contribution in [0.1, 0.15) is 0 Å². The van der Waals surface area contributed by atoms with Crippen molar-refractivity contribution >= 4 is 0 Å². The molecule has 0 radical (unpaired) electrons. The Hall–Kier alpha value is -1.13. The molecule has 0 bridgehead atoms. The maximum absolute atomic E-state index is 11.4. The summed E-state index contributed by atoms with van der Waals surface area (Å²) < 4.78 is 1.77. The van der Waals surface area contributed by atoms with E-state index in [1.165, 1.54) is 0 Å². The minimum atomic E-state index is 0.0904. The van der Waals surface area contributed by atoms with Crippen LogP contribution in [0, 0.1) is 0 Å². The Balaban J connectivity index is 1.87. The van der Waals surface area contributed by atoms with E-state index in [0.29, 0.717) is 0 Å². The first-order chi connectivity index (χ1) is 7.36. The molecule has 2 rings (SSSR count). The molecule has 1 aromatic rings. The number of hydrogen-bond acceptors (Lipinski definition) is 3. The number of nitrogens with one attached hydrogen (secondary N) is 1. The van der Waals surface area contributed by atoms with Gasteiger partial charge in [-0.2, -0.15) is 0 Å². The maximum Gasteiger partial charge on any atom is 0.250 e. The van der Waals surface area contributed by atoms with Gasteiger partial charge in [-0.1, -0.05) is 6.07 Å². The molecule has 0 atom stereocenters. The highest BCUT2D eigenvalue weighted by Gasteiger charge is 2.08. The number of rotatable bonds is 3. The molecule has 1 saturated heterocycles. The molecule has 82 valence electrons. The van der Waals surface area contributed by atoms with E-state index in [-0.39, 0.29) is 5.56 Å². The van der Waals surface area contributed by atoms with E-state index in [2.05, 4.69) is 10.2 Å². The van der Waals surface area contributed by atoms with E-state index in [1.54, 1.807) is 16.7 Å². The molecule has 1 aliphatic rings. The zero-order valence-electron chi connectivity index (χ0n) is 8.85. The highest BCUT2D eigenvalue weighted by molar-refractivity contribution is 4.93. The smallest absolute Gasteiger partial charge is 0.250 e. The van der Waals surface area contributed by atoms with Gasteiger partial charge in [0.2, 0.25) is 0 Å². The highest BCUT2D eigenvalue weighted by Crippen LogP contribution is 1.92. The molecule has 1 aromatic heterocycles. The van der Waals surface area contributed by atoms with Crippen LogP contribution in [0.5, 0.6) is 0 Å². The standard InChI is InChI=1S/C11H17N3O/c15-11-3-1-2-6-14(11)10-9-13-7-4-12-5-8-13/h1-3,6,12H,4-5,7-10H2. The number of piperazine rings is 1. The van der Waals surface area contributed by atoms with E-state index in [9.17, 15) is 4.79 Å². The average Bonchev–Trinajstić information content (AvgIpc) is 2.29. The van der Waals surface area contributed by atoms with Crippen molar-refractivity contribution in [3.05, 3.63) is 34.7 Å². The summed E-state index contributed by atoms with van der Waals surface area (Å²) in [4.78, 5) is 13.8. The lowest BCUT2D eigenvalue weighted by atomic mass is 10.3. The molecule has 1 N–H and O–H groups in total. The number of hydrogen-bond donors (Lipinski definition) is 1. The van der Waals surface area contributed by atoms with Gasteiger partial charge in [0.1, 0.15) is 0 Å². The molecule has 0 aromatic carbocycles. The minimum absolute atomic E-state index is 0.0904. The minimum Gasteiger partial charge on any atom is -0.314 e. The molecule has 0 amide bonds. The van der Waals surface area contributed by atoms with Gasteiger partial charge in [0.05, 0.1) is 0 Å². The van der Waals surface area contributed by atoms with Crippen molar-refractivity contribution in [1.82, 2.24) is 14.8 Å². The molecular formula is C11H17N3O. The van der Waals surface area contributed by atoms with Crippen molar-refractivity contribution < 1.29 is 0 Å². The Morgan fingerprint density at radius 2 is 2.00 bits per heavy atom. The van der Waals surface area contributed by atoms with Crippen LogP contribution in [0.15, 0.2) is 29.2 Å². The molecule has 2 heterocycles. The Labute approximate surface area is 89.5 Å². The van der Waals surface area contributed by atoms with Crippen LogP contribution in [-0.2, 0) is 6.54 Å². The summed E-state index contributed by atoms with van der Waals surface area (Å²) in [5.74, 6) is 0. The fourth-order valence-corrected chi connectivity index (χ4v) is 1.83. The molecule has 1 fully saturated rings. The first-order valence-electron chi connectivity index (χ1n) is 5.45. The fourth-order valence-electron chi connectivity index (χ4n) is 1.83. The summed E-state index contributed by atoms with van der Waals surface area (Å²) in [7, 11) is 0. The number of pyridine rings is 1. The van der Waals surface area contributed by atoms with Gasteiger partial charge < -0.3 is 9.88 Å². The third kappa shape index (κ3) is 2.91. The zero-order chi connectivity index (χ0) is 10.5. The van der Waals surface area contributed by atoms with Crippen molar-refractivity contribution in [2.45, 2.75) is 6.54 Å². The average molecular weight is 207 g/mol. The summed E-state index contributed by atoms with van der Waals surface area (Å²) >= 11 is 0. The molecule has 4 nitrogen and oxygen atoms in total. The van der Waals surface area contributed by atoms with Gasteiger partial charge in [-0.25, -0.2) is 0 Å². The van der Waals surface area contributed by atoms with Gasteiger partial charge in [-0.15, -0.1) is 0 Å². The van der Waals surface area contributed by atoms with Gasteiger partial charge >= 0.3 is 0 Å². The van der Waals surface area contributed by atoms with Crippen LogP contribution >= 0.6 is 0 Å². The molecule has 0 aliphatic carbocycles. The normalized spacial score (nSPS) is 17.9. The van der Waals surface area contributed by atoms with Gasteiger partial charge in [-0.05, 0) is 6.07 Å². The second-order valence-corrected chi connectivity index (χ2v) is 3.82. The Morgan fingerprint density at radius 1 is 1.20 bits per heavy atom. The van der Waals surface area contributed by atoms with Gasteiger partial charge in [-0.3, -0.25) is 9.69 Å². The molecular weight excluding hydrogens is 190 g/mol. The Morgan fingerprint density at radius 3 is 2.73 bits per heavy atom. The third-order valence-electron chi connectivity index (χ3n) is 2.77. The largest absolute Gasteiger partial charge is 0.314 e. The lowest BCUT2D eigenvalue weighted by Gasteiger charge is -2.27. The molecule has 15 heavy (non-hydrogen) atoms. The van der Waals surface area contributed by atoms with Crippen LogP contribution in [-0.4, -0.2) is 42.2 Å². The van der Waals surface area contributed by atoms with E-state index >= 15 is 0 Å². The predicted molar refractivity (Wildman–Crippen MR) is 60.0 cm³/mol. The topological polar surface area (TPSA) is 37.3 Å². The highest BCUT2D eigenvalue weighted by atomic mass is 16.1. The molecule has 4 heteroatoms. The van der Waals surface area contributed by atoms with Crippen LogP contribution in [0.4, 0.5) is 0 Å². The maximum atomic E-state index is 11.4.